The lowest BCUT2D eigenvalue weighted by molar-refractivity contribution is -0.156. The number of benzene rings is 2. The van der Waals surface area contributed by atoms with E-state index in [1.807, 2.05) is 73.6 Å². The van der Waals surface area contributed by atoms with Crippen molar-refractivity contribution in [2.24, 2.45) is 11.8 Å². The molecular formula is C25H29N3O4. The van der Waals surface area contributed by atoms with Crippen LogP contribution in [0.5, 0.6) is 0 Å². The van der Waals surface area contributed by atoms with Crippen molar-refractivity contribution in [1.82, 2.24) is 10.2 Å². The molecule has 0 spiro atoms. The molecule has 2 saturated heterocycles. The number of anilines is 1. The average Bonchev–Trinajstić information content (AvgIpc) is 3.24. The summed E-state index contributed by atoms with van der Waals surface area (Å²) in [5.74, 6) is -2.62. The Morgan fingerprint density at radius 2 is 1.72 bits per heavy atom. The topological polar surface area (TPSA) is 79.0 Å². The van der Waals surface area contributed by atoms with Gasteiger partial charge in [0.25, 0.3) is 0 Å². The molecule has 2 amide bonds. The number of carbonyl (C=O) groups excluding carboxylic acids is 3. The maximum Gasteiger partial charge on any atom is 0.327 e. The second kappa shape index (κ2) is 8.39. The summed E-state index contributed by atoms with van der Waals surface area (Å²) in [4.78, 5) is 43.0. The fourth-order valence-electron chi connectivity index (χ4n) is 5.01. The van der Waals surface area contributed by atoms with Gasteiger partial charge >= 0.3 is 5.97 Å². The highest BCUT2D eigenvalue weighted by atomic mass is 16.5. The molecule has 0 radical (unpaired) electrons. The van der Waals surface area contributed by atoms with Crippen LogP contribution in [-0.2, 0) is 25.5 Å². The first-order valence-electron chi connectivity index (χ1n) is 10.9. The van der Waals surface area contributed by atoms with Gasteiger partial charge in [-0.3, -0.25) is 24.6 Å². The van der Waals surface area contributed by atoms with Gasteiger partial charge in [-0.25, -0.2) is 0 Å². The predicted octanol–water partition coefficient (Wildman–Crippen LogP) is 2.17. The van der Waals surface area contributed by atoms with Crippen LogP contribution in [0.15, 0.2) is 54.6 Å². The summed E-state index contributed by atoms with van der Waals surface area (Å²) in [6.45, 7) is 1.93. The molecule has 4 unspecified atom stereocenters. The minimum atomic E-state index is -1.33. The molecule has 168 valence electrons. The van der Waals surface area contributed by atoms with E-state index in [-0.39, 0.29) is 24.8 Å². The molecule has 2 aliphatic heterocycles. The monoisotopic (exact) mass is 435 g/mol. The first kappa shape index (κ1) is 22.0. The Morgan fingerprint density at radius 3 is 2.31 bits per heavy atom. The van der Waals surface area contributed by atoms with Gasteiger partial charge in [0, 0.05) is 39.3 Å². The van der Waals surface area contributed by atoms with Crippen LogP contribution in [0.1, 0.15) is 24.1 Å². The molecule has 2 aromatic rings. The molecule has 7 nitrogen and oxygen atoms in total. The number of hydrogen-bond acceptors (Lipinski definition) is 6. The smallest absolute Gasteiger partial charge is 0.327 e. The Labute approximate surface area is 188 Å². The first-order valence-corrected chi connectivity index (χ1v) is 10.9. The van der Waals surface area contributed by atoms with Crippen molar-refractivity contribution in [3.05, 3.63) is 65.7 Å². The van der Waals surface area contributed by atoms with Crippen LogP contribution in [0.2, 0.25) is 0 Å². The van der Waals surface area contributed by atoms with Gasteiger partial charge in [-0.05, 0) is 30.2 Å². The van der Waals surface area contributed by atoms with Crippen LogP contribution in [0.4, 0.5) is 5.69 Å². The number of hydrogen-bond donors (Lipinski definition) is 1. The van der Waals surface area contributed by atoms with Gasteiger partial charge in [0.15, 0.2) is 0 Å². The average molecular weight is 436 g/mol. The quantitative estimate of drug-likeness (QED) is 0.554. The third kappa shape index (κ3) is 3.46. The van der Waals surface area contributed by atoms with E-state index >= 15 is 0 Å². The van der Waals surface area contributed by atoms with E-state index in [4.69, 9.17) is 4.74 Å². The molecule has 2 aromatic carbocycles. The molecule has 0 aliphatic carbocycles. The number of likely N-dealkylation sites (tertiary alicyclic amines) is 1. The zero-order valence-corrected chi connectivity index (χ0v) is 18.9. The van der Waals surface area contributed by atoms with E-state index in [0.717, 1.165) is 21.7 Å². The second-order valence-electron chi connectivity index (χ2n) is 8.70. The van der Waals surface area contributed by atoms with Gasteiger partial charge in [-0.2, -0.15) is 0 Å². The van der Waals surface area contributed by atoms with E-state index in [9.17, 15) is 14.4 Å². The number of imide groups is 1. The third-order valence-electron chi connectivity index (χ3n) is 6.61. The van der Waals surface area contributed by atoms with Crippen LogP contribution in [0.25, 0.3) is 0 Å². The Balaban J connectivity index is 1.82. The van der Waals surface area contributed by atoms with E-state index in [2.05, 4.69) is 5.32 Å². The van der Waals surface area contributed by atoms with Gasteiger partial charge in [0.05, 0.1) is 18.4 Å². The molecule has 4 rings (SSSR count). The van der Waals surface area contributed by atoms with Crippen LogP contribution in [0.3, 0.4) is 0 Å². The van der Waals surface area contributed by atoms with E-state index in [1.54, 1.807) is 6.92 Å². The first-order chi connectivity index (χ1) is 15.3. The number of fused-ring (bicyclic) bond motifs is 1. The van der Waals surface area contributed by atoms with Crippen LogP contribution >= 0.6 is 0 Å². The fraction of sp³-hybridized carbons (Fsp3) is 0.400. The summed E-state index contributed by atoms with van der Waals surface area (Å²) in [6, 6.07) is 16.9. The van der Waals surface area contributed by atoms with Gasteiger partial charge in [0.1, 0.15) is 5.54 Å². The molecular weight excluding hydrogens is 406 g/mol. The molecule has 32 heavy (non-hydrogen) atoms. The zero-order valence-electron chi connectivity index (χ0n) is 18.9. The lowest BCUT2D eigenvalue weighted by atomic mass is 9.76. The van der Waals surface area contributed by atoms with E-state index in [0.29, 0.717) is 0 Å². The Morgan fingerprint density at radius 1 is 1.06 bits per heavy atom. The molecule has 7 heteroatoms. The molecule has 2 heterocycles. The SMILES string of the molecule is CCOC(=O)C1(Cc2ccccc2)NC(c2ccc(N(C)C)cc2)C2C(=O)N(C)C(=O)C21. The Kier molecular flexibility index (Phi) is 5.77. The maximum absolute atomic E-state index is 13.4. The minimum Gasteiger partial charge on any atom is -0.465 e. The molecule has 2 aliphatic rings. The summed E-state index contributed by atoms with van der Waals surface area (Å²) in [7, 11) is 5.41. The van der Waals surface area contributed by atoms with Crippen molar-refractivity contribution in [2.75, 3.05) is 32.6 Å². The minimum absolute atomic E-state index is 0.189. The number of nitrogens with one attached hydrogen (secondary N) is 1. The maximum atomic E-state index is 13.4. The standard InChI is InChI=1S/C25H29N3O4/c1-5-32-24(31)25(15-16-9-7-6-8-10-16)20-19(22(29)28(4)23(20)30)21(26-25)17-11-13-18(14-12-17)27(2)3/h6-14,19-21,26H,5,15H2,1-4H3. The summed E-state index contributed by atoms with van der Waals surface area (Å²) < 4.78 is 5.47. The molecule has 0 saturated carbocycles. The number of esters is 1. The van der Waals surface area contributed by atoms with E-state index in [1.165, 1.54) is 7.05 Å². The normalized spacial score (nSPS) is 26.9. The number of amides is 2. The highest BCUT2D eigenvalue weighted by Crippen LogP contribution is 2.50. The van der Waals surface area contributed by atoms with Crippen molar-refractivity contribution in [2.45, 2.75) is 24.9 Å². The predicted molar refractivity (Wildman–Crippen MR) is 121 cm³/mol. The fourth-order valence-corrected chi connectivity index (χ4v) is 5.01. The lowest BCUT2D eigenvalue weighted by Crippen LogP contribution is -2.57. The Hall–Kier alpha value is -3.19. The van der Waals surface area contributed by atoms with Crippen molar-refractivity contribution >= 4 is 23.5 Å². The number of carbonyl (C=O) groups is 3. The van der Waals surface area contributed by atoms with Crippen molar-refractivity contribution in [1.29, 1.82) is 0 Å². The third-order valence-corrected chi connectivity index (χ3v) is 6.61. The lowest BCUT2D eigenvalue weighted by Gasteiger charge is -2.32. The summed E-state index contributed by atoms with van der Waals surface area (Å²) in [5, 5.41) is 3.43. The Bertz CT molecular complexity index is 1020. The van der Waals surface area contributed by atoms with E-state index < -0.39 is 29.4 Å². The van der Waals surface area contributed by atoms with Gasteiger partial charge in [-0.15, -0.1) is 0 Å². The van der Waals surface area contributed by atoms with Gasteiger partial charge in [-0.1, -0.05) is 42.5 Å². The molecule has 4 atom stereocenters. The molecule has 1 N–H and O–H groups in total. The number of nitrogens with zero attached hydrogens (tertiary/aromatic N) is 2. The second-order valence-corrected chi connectivity index (χ2v) is 8.70. The summed E-state index contributed by atoms with van der Waals surface area (Å²) in [6.07, 6.45) is 0.257. The highest BCUT2D eigenvalue weighted by Gasteiger charge is 2.68. The highest BCUT2D eigenvalue weighted by molar-refractivity contribution is 6.09. The van der Waals surface area contributed by atoms with Crippen molar-refractivity contribution in [3.63, 3.8) is 0 Å². The molecule has 0 bridgehead atoms. The van der Waals surface area contributed by atoms with Crippen molar-refractivity contribution < 1.29 is 19.1 Å². The molecule has 0 aromatic heterocycles. The largest absolute Gasteiger partial charge is 0.465 e. The summed E-state index contributed by atoms with van der Waals surface area (Å²) >= 11 is 0. The van der Waals surface area contributed by atoms with Crippen LogP contribution < -0.4 is 10.2 Å². The summed E-state index contributed by atoms with van der Waals surface area (Å²) in [5.41, 5.74) is 1.45. The molecule has 2 fully saturated rings. The van der Waals surface area contributed by atoms with Crippen molar-refractivity contribution in [3.8, 4) is 0 Å². The van der Waals surface area contributed by atoms with Gasteiger partial charge in [0.2, 0.25) is 11.8 Å². The number of rotatable bonds is 6. The van der Waals surface area contributed by atoms with Crippen LogP contribution in [-0.4, -0.2) is 56.0 Å². The zero-order chi connectivity index (χ0) is 23.0. The van der Waals surface area contributed by atoms with Gasteiger partial charge < -0.3 is 9.64 Å². The van der Waals surface area contributed by atoms with Crippen LogP contribution in [0, 0.1) is 11.8 Å². The number of ether oxygens (including phenoxy) is 1.